The third-order valence-corrected chi connectivity index (χ3v) is 10.9. The van der Waals surface area contributed by atoms with Gasteiger partial charge in [-0.1, -0.05) is 74.1 Å². The number of hydrogen-bond acceptors (Lipinski definition) is 1. The molecule has 3 aliphatic carbocycles. The van der Waals surface area contributed by atoms with Crippen molar-refractivity contribution in [3.05, 3.63) is 0 Å². The molecule has 0 saturated heterocycles. The summed E-state index contributed by atoms with van der Waals surface area (Å²) in [5.41, 5.74) is 7.52. The van der Waals surface area contributed by atoms with E-state index in [2.05, 4.69) is 48.5 Å². The highest BCUT2D eigenvalue weighted by atomic mass is 14.7. The van der Waals surface area contributed by atoms with Gasteiger partial charge in [-0.15, -0.1) is 0 Å². The van der Waals surface area contributed by atoms with Crippen LogP contribution in [-0.4, -0.2) is 6.04 Å². The van der Waals surface area contributed by atoms with Gasteiger partial charge in [-0.05, 0) is 97.2 Å². The summed E-state index contributed by atoms with van der Waals surface area (Å²) in [6.45, 7) is 17.8. The number of rotatable bonds is 7. The van der Waals surface area contributed by atoms with Gasteiger partial charge in [0.25, 0.3) is 0 Å². The second-order valence-corrected chi connectivity index (χ2v) is 12.7. The van der Waals surface area contributed by atoms with E-state index >= 15 is 0 Å². The summed E-state index contributed by atoms with van der Waals surface area (Å²) in [6, 6.07) is 0.479. The lowest BCUT2D eigenvalue weighted by molar-refractivity contribution is -0.133. The summed E-state index contributed by atoms with van der Waals surface area (Å²) in [5, 5.41) is 0. The Hall–Kier alpha value is -0.0400. The van der Waals surface area contributed by atoms with Crippen molar-refractivity contribution in [2.75, 3.05) is 0 Å². The van der Waals surface area contributed by atoms with Gasteiger partial charge in [-0.3, -0.25) is 0 Å². The van der Waals surface area contributed by atoms with Gasteiger partial charge in [0.2, 0.25) is 0 Å². The summed E-state index contributed by atoms with van der Waals surface area (Å²) in [7, 11) is 0. The van der Waals surface area contributed by atoms with Crippen LogP contribution in [-0.2, 0) is 0 Å². The molecule has 3 rings (SSSR count). The molecule has 1 heteroatoms. The molecule has 0 spiro atoms. The van der Waals surface area contributed by atoms with E-state index in [0.717, 1.165) is 41.4 Å². The Morgan fingerprint density at radius 3 is 2.31 bits per heavy atom. The van der Waals surface area contributed by atoms with Crippen LogP contribution >= 0.6 is 0 Å². The second kappa shape index (κ2) is 9.22. The third kappa shape index (κ3) is 4.47. The average Bonchev–Trinajstić information content (AvgIpc) is 2.67. The molecule has 0 bridgehead atoms. The standard InChI is InChI=1S/C28H53N/c1-8-25-24-13-12-22-18-23(29)14-16-28(22,7)26(24)15-17-27(25,6)21(5)20(4)11-9-10-19(2)3/h19-26H,8-18,29H2,1-7H3/t20-,21-,22?,23+,24?,25?,26?,27-,28+/m1/s1. The zero-order valence-corrected chi connectivity index (χ0v) is 21.0. The Kier molecular flexibility index (Phi) is 7.51. The molecule has 0 aromatic carbocycles. The number of fused-ring (bicyclic) bond motifs is 3. The third-order valence-electron chi connectivity index (χ3n) is 10.9. The second-order valence-electron chi connectivity index (χ2n) is 12.7. The van der Waals surface area contributed by atoms with Crippen LogP contribution in [0.4, 0.5) is 0 Å². The molecule has 0 amide bonds. The first-order chi connectivity index (χ1) is 13.6. The maximum atomic E-state index is 6.40. The summed E-state index contributed by atoms with van der Waals surface area (Å²) < 4.78 is 0. The lowest BCUT2D eigenvalue weighted by Gasteiger charge is -2.63. The summed E-state index contributed by atoms with van der Waals surface area (Å²) in [4.78, 5) is 0. The van der Waals surface area contributed by atoms with E-state index in [0.29, 0.717) is 16.9 Å². The van der Waals surface area contributed by atoms with Crippen LogP contribution in [0.2, 0.25) is 0 Å². The van der Waals surface area contributed by atoms with Crippen LogP contribution in [0.25, 0.3) is 0 Å². The molecule has 2 N–H and O–H groups in total. The fourth-order valence-corrected chi connectivity index (χ4v) is 8.72. The Morgan fingerprint density at radius 2 is 1.66 bits per heavy atom. The Labute approximate surface area is 183 Å². The summed E-state index contributed by atoms with van der Waals surface area (Å²) in [5.74, 6) is 6.34. The van der Waals surface area contributed by atoms with E-state index in [9.17, 15) is 0 Å². The Bertz CT molecular complexity index is 526. The van der Waals surface area contributed by atoms with Crippen LogP contribution in [0.1, 0.15) is 119 Å². The van der Waals surface area contributed by atoms with Gasteiger partial charge in [0.15, 0.2) is 0 Å². The highest BCUT2D eigenvalue weighted by molar-refractivity contribution is 5.07. The predicted molar refractivity (Wildman–Crippen MR) is 128 cm³/mol. The molecule has 3 fully saturated rings. The maximum Gasteiger partial charge on any atom is 0.00418 e. The molecule has 0 aromatic rings. The van der Waals surface area contributed by atoms with Crippen LogP contribution < -0.4 is 5.73 Å². The number of nitrogens with two attached hydrogens (primary N) is 1. The highest BCUT2D eigenvalue weighted by Gasteiger charge is 2.57. The molecular formula is C28H53N. The van der Waals surface area contributed by atoms with E-state index in [-0.39, 0.29) is 0 Å². The van der Waals surface area contributed by atoms with E-state index in [1.807, 2.05) is 0 Å². The van der Waals surface area contributed by atoms with Crippen molar-refractivity contribution in [2.45, 2.75) is 125 Å². The molecule has 9 atom stereocenters. The average molecular weight is 404 g/mol. The van der Waals surface area contributed by atoms with Crippen LogP contribution in [0.5, 0.6) is 0 Å². The maximum absolute atomic E-state index is 6.40. The summed E-state index contributed by atoms with van der Waals surface area (Å²) >= 11 is 0. The van der Waals surface area contributed by atoms with E-state index in [1.54, 1.807) is 0 Å². The van der Waals surface area contributed by atoms with E-state index in [1.165, 1.54) is 70.6 Å². The molecule has 0 radical (unpaired) electrons. The monoisotopic (exact) mass is 403 g/mol. The molecule has 0 aromatic heterocycles. The van der Waals surface area contributed by atoms with Crippen LogP contribution in [0.3, 0.4) is 0 Å². The van der Waals surface area contributed by atoms with Gasteiger partial charge in [-0.2, -0.15) is 0 Å². The lowest BCUT2D eigenvalue weighted by Crippen LogP contribution is -2.56. The van der Waals surface area contributed by atoms with Gasteiger partial charge >= 0.3 is 0 Å². The van der Waals surface area contributed by atoms with Crippen LogP contribution in [0, 0.1) is 52.3 Å². The van der Waals surface area contributed by atoms with E-state index < -0.39 is 0 Å². The fraction of sp³-hybridized carbons (Fsp3) is 1.00. The van der Waals surface area contributed by atoms with Crippen molar-refractivity contribution in [1.29, 1.82) is 0 Å². The van der Waals surface area contributed by atoms with E-state index in [4.69, 9.17) is 5.73 Å². The minimum absolute atomic E-state index is 0.479. The van der Waals surface area contributed by atoms with Crippen molar-refractivity contribution in [2.24, 2.45) is 58.0 Å². The summed E-state index contributed by atoms with van der Waals surface area (Å²) in [6.07, 6.45) is 15.5. The van der Waals surface area contributed by atoms with Gasteiger partial charge < -0.3 is 5.73 Å². The molecule has 0 heterocycles. The molecule has 3 saturated carbocycles. The minimum atomic E-state index is 0.479. The molecule has 3 aliphatic rings. The first-order valence-corrected chi connectivity index (χ1v) is 13.4. The van der Waals surface area contributed by atoms with Crippen molar-refractivity contribution >= 4 is 0 Å². The van der Waals surface area contributed by atoms with Gasteiger partial charge in [0.1, 0.15) is 0 Å². The van der Waals surface area contributed by atoms with Gasteiger partial charge in [0.05, 0.1) is 0 Å². The molecule has 4 unspecified atom stereocenters. The van der Waals surface area contributed by atoms with Crippen molar-refractivity contribution < 1.29 is 0 Å². The normalized spacial score (nSPS) is 44.8. The zero-order chi connectivity index (χ0) is 21.4. The molecule has 170 valence electrons. The Morgan fingerprint density at radius 1 is 0.931 bits per heavy atom. The lowest BCUT2D eigenvalue weighted by atomic mass is 9.42. The first-order valence-electron chi connectivity index (χ1n) is 13.4. The smallest absolute Gasteiger partial charge is 0.00418 e. The van der Waals surface area contributed by atoms with Crippen molar-refractivity contribution in [3.8, 4) is 0 Å². The topological polar surface area (TPSA) is 26.0 Å². The first kappa shape index (κ1) is 23.6. The largest absolute Gasteiger partial charge is 0.328 e. The Balaban J connectivity index is 1.74. The molecule has 0 aliphatic heterocycles. The molecule has 29 heavy (non-hydrogen) atoms. The highest BCUT2D eigenvalue weighted by Crippen LogP contribution is 2.65. The number of hydrogen-bond donors (Lipinski definition) is 1. The molecule has 1 nitrogen and oxygen atoms in total. The van der Waals surface area contributed by atoms with Gasteiger partial charge in [0, 0.05) is 6.04 Å². The minimum Gasteiger partial charge on any atom is -0.328 e. The van der Waals surface area contributed by atoms with Crippen molar-refractivity contribution in [3.63, 3.8) is 0 Å². The zero-order valence-electron chi connectivity index (χ0n) is 21.0. The molecular weight excluding hydrogens is 350 g/mol. The van der Waals surface area contributed by atoms with Crippen LogP contribution in [0.15, 0.2) is 0 Å². The van der Waals surface area contributed by atoms with Gasteiger partial charge in [-0.25, -0.2) is 0 Å². The predicted octanol–water partition coefficient (Wildman–Crippen LogP) is 8.07. The SMILES string of the molecule is CCC1C2CCC3C[C@@H](N)CC[C@]3(C)C2CC[C@]1(C)[C@H](C)[C@H](C)CCCC(C)C. The quantitative estimate of drug-likeness (QED) is 0.457. The van der Waals surface area contributed by atoms with Crippen molar-refractivity contribution in [1.82, 2.24) is 0 Å². The fourth-order valence-electron chi connectivity index (χ4n) is 8.72.